The van der Waals surface area contributed by atoms with Crippen molar-refractivity contribution in [3.63, 3.8) is 0 Å². The van der Waals surface area contributed by atoms with Gasteiger partial charge in [-0.05, 0) is 34.1 Å². The van der Waals surface area contributed by atoms with Gasteiger partial charge in [0, 0.05) is 25.0 Å². The molecule has 0 aromatic carbocycles. The van der Waals surface area contributed by atoms with E-state index in [1.54, 1.807) is 13.8 Å². The number of rotatable bonds is 10. The van der Waals surface area contributed by atoms with Crippen molar-refractivity contribution in [1.29, 1.82) is 0 Å². The van der Waals surface area contributed by atoms with Gasteiger partial charge in [0.2, 0.25) is 11.7 Å². The molecule has 0 saturated heterocycles. The fourth-order valence-electron chi connectivity index (χ4n) is 3.11. The van der Waals surface area contributed by atoms with Gasteiger partial charge in [0.05, 0.1) is 12.1 Å². The number of ether oxygens (including phenoxy) is 2. The third-order valence-electron chi connectivity index (χ3n) is 4.56. The number of aromatic hydroxyl groups is 1. The van der Waals surface area contributed by atoms with E-state index in [9.17, 15) is 14.7 Å². The Balaban J connectivity index is 2.25. The Kier molecular flexibility index (Phi) is 7.90. The minimum Gasteiger partial charge on any atom is -0.508 e. The van der Waals surface area contributed by atoms with Crippen LogP contribution in [0.5, 0.6) is 5.75 Å². The summed E-state index contributed by atoms with van der Waals surface area (Å²) in [5.41, 5.74) is -1.68. The predicted octanol–water partition coefficient (Wildman–Crippen LogP) is 3.00. The van der Waals surface area contributed by atoms with E-state index in [2.05, 4.69) is 10.3 Å². The lowest BCUT2D eigenvalue weighted by Gasteiger charge is -2.28. The van der Waals surface area contributed by atoms with Gasteiger partial charge in [-0.1, -0.05) is 13.3 Å². The summed E-state index contributed by atoms with van der Waals surface area (Å²) in [5.74, 6) is -0.824. The average molecular weight is 427 g/mol. The van der Waals surface area contributed by atoms with Gasteiger partial charge in [0.25, 0.3) is 0 Å². The number of hydrogen-bond acceptors (Lipinski definition) is 8. The van der Waals surface area contributed by atoms with E-state index < -0.39 is 23.0 Å². The highest BCUT2D eigenvalue weighted by Crippen LogP contribution is 2.35. The van der Waals surface area contributed by atoms with Crippen molar-refractivity contribution in [2.24, 2.45) is 4.99 Å². The molecule has 2 atom stereocenters. The van der Waals surface area contributed by atoms with Crippen LogP contribution in [0.1, 0.15) is 59.3 Å². The molecule has 2 rings (SSSR count). The number of nitrogens with zero attached hydrogens (tertiary/aromatic N) is 1. The van der Waals surface area contributed by atoms with Gasteiger partial charge in [0.1, 0.15) is 22.1 Å². The van der Waals surface area contributed by atoms with Crippen LogP contribution in [0.3, 0.4) is 0 Å². The van der Waals surface area contributed by atoms with Crippen molar-refractivity contribution < 1.29 is 23.8 Å². The molecule has 0 spiro atoms. The lowest BCUT2D eigenvalue weighted by Crippen LogP contribution is -2.45. The Morgan fingerprint density at radius 2 is 2.03 bits per heavy atom. The predicted molar refractivity (Wildman–Crippen MR) is 112 cm³/mol. The molecular formula is C20H30N2O6S. The molecule has 0 unspecified atom stereocenters. The maximum atomic E-state index is 13.1. The number of hydrogen-bond donors (Lipinski definition) is 2. The summed E-state index contributed by atoms with van der Waals surface area (Å²) in [5, 5.41) is 13.2. The number of nitrogens with one attached hydrogen (secondary N) is 1. The number of carbonyl (C=O) groups is 1. The maximum Gasteiger partial charge on any atom is 0.339 e. The van der Waals surface area contributed by atoms with E-state index in [1.165, 1.54) is 17.8 Å². The van der Waals surface area contributed by atoms with Gasteiger partial charge in [-0.25, -0.2) is 4.79 Å². The topological polar surface area (TPSA) is 110 Å². The zero-order valence-corrected chi connectivity index (χ0v) is 18.4. The van der Waals surface area contributed by atoms with Crippen LogP contribution >= 0.6 is 11.8 Å². The first kappa shape index (κ1) is 23.4. The summed E-state index contributed by atoms with van der Waals surface area (Å²) < 4.78 is 16.7. The standard InChI is InChI=1S/C20H30N2O6S/c1-6-9-14(15-10-13(23)11-16(24)28-15)21-17(25)19(4)12-29-18(22-19)20(5,26-7-2)27-8-3/h10-11,14,23H,6-9,12H2,1-5H3,(H,21,25)/t14-,19+/m1/s1. The first-order chi connectivity index (χ1) is 13.7. The number of carbonyl (C=O) groups excluding carboxylic acids is 1. The molecule has 9 heteroatoms. The van der Waals surface area contributed by atoms with Crippen molar-refractivity contribution in [2.75, 3.05) is 19.0 Å². The normalized spacial score (nSPS) is 20.4. The Hall–Kier alpha value is -1.84. The molecule has 1 aliphatic rings. The highest BCUT2D eigenvalue weighted by Gasteiger charge is 2.45. The van der Waals surface area contributed by atoms with Crippen molar-refractivity contribution in [1.82, 2.24) is 5.32 Å². The molecule has 0 radical (unpaired) electrons. The molecule has 0 saturated carbocycles. The van der Waals surface area contributed by atoms with E-state index in [0.29, 0.717) is 30.4 Å². The lowest BCUT2D eigenvalue weighted by atomic mass is 10.0. The van der Waals surface area contributed by atoms with Crippen molar-refractivity contribution in [2.45, 2.75) is 64.8 Å². The van der Waals surface area contributed by atoms with E-state index >= 15 is 0 Å². The van der Waals surface area contributed by atoms with Gasteiger partial charge in [0.15, 0.2) is 0 Å². The Labute approximate surface area is 175 Å². The molecule has 29 heavy (non-hydrogen) atoms. The fraction of sp³-hybridized carbons (Fsp3) is 0.650. The van der Waals surface area contributed by atoms with Crippen LogP contribution in [0.25, 0.3) is 0 Å². The summed E-state index contributed by atoms with van der Waals surface area (Å²) in [6.07, 6.45) is 1.30. The number of thioether (sulfide) groups is 1. The minimum atomic E-state index is -1.02. The number of aliphatic imine (C=N–C) groups is 1. The molecule has 0 bridgehead atoms. The summed E-state index contributed by atoms with van der Waals surface area (Å²) in [4.78, 5) is 29.3. The van der Waals surface area contributed by atoms with E-state index in [4.69, 9.17) is 13.9 Å². The second-order valence-electron chi connectivity index (χ2n) is 7.14. The SMILES string of the molecule is CCC[C@@H](NC(=O)[C@]1(C)CSC(C(C)(OCC)OCC)=N1)c1cc(O)cc(=O)o1. The molecule has 1 aliphatic heterocycles. The largest absolute Gasteiger partial charge is 0.508 e. The molecule has 0 aliphatic carbocycles. The van der Waals surface area contributed by atoms with Gasteiger partial charge in [-0.15, -0.1) is 11.8 Å². The van der Waals surface area contributed by atoms with Gasteiger partial charge in [-0.2, -0.15) is 0 Å². The quantitative estimate of drug-likeness (QED) is 0.553. The summed E-state index contributed by atoms with van der Waals surface area (Å²) in [6, 6.07) is 1.80. The fourth-order valence-corrected chi connectivity index (χ4v) is 4.36. The first-order valence-electron chi connectivity index (χ1n) is 9.83. The highest BCUT2D eigenvalue weighted by atomic mass is 32.2. The van der Waals surface area contributed by atoms with Crippen LogP contribution in [0.15, 0.2) is 26.3 Å². The molecule has 2 N–H and O–H groups in total. The second kappa shape index (κ2) is 9.77. The molecule has 1 aromatic heterocycles. The Bertz CT molecular complexity index is 802. The van der Waals surface area contributed by atoms with Crippen LogP contribution in [-0.4, -0.2) is 46.4 Å². The van der Waals surface area contributed by atoms with Crippen molar-refractivity contribution >= 4 is 22.7 Å². The Morgan fingerprint density at radius 3 is 2.59 bits per heavy atom. The molecule has 162 valence electrons. The van der Waals surface area contributed by atoms with E-state index in [-0.39, 0.29) is 17.4 Å². The lowest BCUT2D eigenvalue weighted by molar-refractivity contribution is -0.169. The molecule has 1 aromatic rings. The van der Waals surface area contributed by atoms with E-state index in [0.717, 1.165) is 12.5 Å². The molecule has 2 heterocycles. The first-order valence-corrected chi connectivity index (χ1v) is 10.8. The van der Waals surface area contributed by atoms with Crippen LogP contribution < -0.4 is 10.9 Å². The second-order valence-corrected chi connectivity index (χ2v) is 8.11. The zero-order chi connectivity index (χ0) is 21.7. The van der Waals surface area contributed by atoms with Gasteiger partial charge >= 0.3 is 5.63 Å². The van der Waals surface area contributed by atoms with Crippen LogP contribution in [0, 0.1) is 0 Å². The monoisotopic (exact) mass is 426 g/mol. The zero-order valence-electron chi connectivity index (χ0n) is 17.6. The third-order valence-corrected chi connectivity index (χ3v) is 6.00. The highest BCUT2D eigenvalue weighted by molar-refractivity contribution is 8.14. The molecule has 8 nitrogen and oxygen atoms in total. The molecule has 1 amide bonds. The van der Waals surface area contributed by atoms with Crippen molar-refractivity contribution in [3.05, 3.63) is 28.3 Å². The summed E-state index contributed by atoms with van der Waals surface area (Å²) in [7, 11) is 0. The smallest absolute Gasteiger partial charge is 0.339 e. The van der Waals surface area contributed by atoms with E-state index in [1.807, 2.05) is 20.8 Å². The minimum absolute atomic E-state index is 0.196. The van der Waals surface area contributed by atoms with Gasteiger partial charge < -0.3 is 24.3 Å². The van der Waals surface area contributed by atoms with Crippen molar-refractivity contribution in [3.8, 4) is 5.75 Å². The Morgan fingerprint density at radius 1 is 1.38 bits per heavy atom. The van der Waals surface area contributed by atoms with Crippen LogP contribution in [0.2, 0.25) is 0 Å². The molecule has 0 fully saturated rings. The van der Waals surface area contributed by atoms with Crippen LogP contribution in [0.4, 0.5) is 0 Å². The molecular weight excluding hydrogens is 396 g/mol. The van der Waals surface area contributed by atoms with Crippen LogP contribution in [-0.2, 0) is 14.3 Å². The van der Waals surface area contributed by atoms with Gasteiger partial charge in [-0.3, -0.25) is 9.79 Å². The summed E-state index contributed by atoms with van der Waals surface area (Å²) >= 11 is 1.43. The summed E-state index contributed by atoms with van der Waals surface area (Å²) in [6.45, 7) is 10.2. The average Bonchev–Trinajstić information content (AvgIpc) is 3.05. The maximum absolute atomic E-state index is 13.1. The number of amides is 1. The third kappa shape index (κ3) is 5.61.